The van der Waals surface area contributed by atoms with Crippen LogP contribution >= 0.6 is 23.1 Å². The first-order chi connectivity index (χ1) is 14.1. The third kappa shape index (κ3) is 3.32. The Morgan fingerprint density at radius 2 is 1.93 bits per heavy atom. The minimum atomic E-state index is -0.194. The second-order valence-electron chi connectivity index (χ2n) is 6.44. The van der Waals surface area contributed by atoms with Crippen LogP contribution in [0.15, 0.2) is 47.4 Å². The summed E-state index contributed by atoms with van der Waals surface area (Å²) in [5.74, 6) is 1.78. The predicted molar refractivity (Wildman–Crippen MR) is 114 cm³/mol. The van der Waals surface area contributed by atoms with Crippen molar-refractivity contribution in [3.8, 4) is 16.6 Å². The molecule has 1 aliphatic rings. The van der Waals surface area contributed by atoms with Crippen molar-refractivity contribution in [2.75, 3.05) is 18.4 Å². The van der Waals surface area contributed by atoms with Gasteiger partial charge in [0.1, 0.15) is 5.82 Å². The summed E-state index contributed by atoms with van der Waals surface area (Å²) in [6.45, 7) is 2.11. The summed E-state index contributed by atoms with van der Waals surface area (Å²) in [6.07, 6.45) is 2.00. The number of carbonyl (C=O) groups is 1. The number of thiazole rings is 1. The number of fused-ring (bicyclic) bond motifs is 2. The molecule has 29 heavy (non-hydrogen) atoms. The molecule has 0 radical (unpaired) electrons. The van der Waals surface area contributed by atoms with Crippen molar-refractivity contribution in [1.82, 2.24) is 14.8 Å². The summed E-state index contributed by atoms with van der Waals surface area (Å²) in [4.78, 5) is 18.5. The number of nitrogens with zero attached hydrogens (tertiary/aromatic N) is 3. The topological polar surface area (TPSA) is 78.3 Å². The van der Waals surface area contributed by atoms with E-state index in [0.29, 0.717) is 28.0 Å². The number of benzene rings is 2. The van der Waals surface area contributed by atoms with Crippen LogP contribution in [0, 0.1) is 6.92 Å². The largest absolute Gasteiger partial charge is 0.454 e. The lowest BCUT2D eigenvalue weighted by molar-refractivity contribution is 0.102. The van der Waals surface area contributed by atoms with Crippen molar-refractivity contribution in [1.29, 1.82) is 0 Å². The molecule has 1 amide bonds. The lowest BCUT2D eigenvalue weighted by Gasteiger charge is -2.07. The highest BCUT2D eigenvalue weighted by Crippen LogP contribution is 2.39. The zero-order valence-electron chi connectivity index (χ0n) is 15.6. The molecule has 2 aromatic carbocycles. The average Bonchev–Trinajstić information content (AvgIpc) is 3.43. The smallest absolute Gasteiger partial charge is 0.256 e. The molecule has 146 valence electrons. The molecule has 0 atom stereocenters. The van der Waals surface area contributed by atoms with Crippen molar-refractivity contribution in [2.45, 2.75) is 11.8 Å². The van der Waals surface area contributed by atoms with E-state index in [9.17, 15) is 4.79 Å². The van der Waals surface area contributed by atoms with Gasteiger partial charge in [-0.3, -0.25) is 4.79 Å². The van der Waals surface area contributed by atoms with E-state index < -0.39 is 0 Å². The maximum atomic E-state index is 12.7. The first-order valence-corrected chi connectivity index (χ1v) is 10.9. The van der Waals surface area contributed by atoms with E-state index in [1.807, 2.05) is 55.6 Å². The van der Waals surface area contributed by atoms with Gasteiger partial charge in [0.15, 0.2) is 11.5 Å². The molecule has 5 rings (SSSR count). The molecular weight excluding hydrogens is 408 g/mol. The van der Waals surface area contributed by atoms with Gasteiger partial charge in [-0.05, 0) is 37.4 Å². The van der Waals surface area contributed by atoms with Gasteiger partial charge in [-0.25, -0.2) is 4.98 Å². The molecule has 0 spiro atoms. The molecule has 0 fully saturated rings. The van der Waals surface area contributed by atoms with Gasteiger partial charge >= 0.3 is 0 Å². The van der Waals surface area contributed by atoms with E-state index in [4.69, 9.17) is 9.47 Å². The maximum Gasteiger partial charge on any atom is 0.256 e. The normalized spacial score (nSPS) is 12.5. The molecule has 0 saturated carbocycles. The SMILES string of the molecule is CSc1ccc(C(=O)Nc2cc(C)nn2-c2nc3cc4c(cc3s2)OCO4)cc1. The van der Waals surface area contributed by atoms with E-state index in [1.165, 1.54) is 11.3 Å². The number of amides is 1. The van der Waals surface area contributed by atoms with Crippen LogP contribution in [0.2, 0.25) is 0 Å². The number of aryl methyl sites for hydroxylation is 1. The quantitative estimate of drug-likeness (QED) is 0.486. The third-order valence-electron chi connectivity index (χ3n) is 4.48. The Balaban J connectivity index is 1.47. The van der Waals surface area contributed by atoms with Crippen LogP contribution in [0.4, 0.5) is 5.82 Å². The van der Waals surface area contributed by atoms with Gasteiger partial charge in [0.25, 0.3) is 5.91 Å². The molecular formula is C20H16N4O3S2. The molecule has 0 unspecified atom stereocenters. The van der Waals surface area contributed by atoms with E-state index in [-0.39, 0.29) is 12.7 Å². The lowest BCUT2D eigenvalue weighted by atomic mass is 10.2. The monoisotopic (exact) mass is 424 g/mol. The summed E-state index contributed by atoms with van der Waals surface area (Å²) < 4.78 is 13.5. The van der Waals surface area contributed by atoms with E-state index in [0.717, 1.165) is 20.8 Å². The van der Waals surface area contributed by atoms with Crippen molar-refractivity contribution < 1.29 is 14.3 Å². The van der Waals surface area contributed by atoms with Crippen molar-refractivity contribution >= 4 is 45.0 Å². The summed E-state index contributed by atoms with van der Waals surface area (Å²) in [7, 11) is 0. The van der Waals surface area contributed by atoms with E-state index >= 15 is 0 Å². The van der Waals surface area contributed by atoms with E-state index in [1.54, 1.807) is 16.4 Å². The standard InChI is InChI=1S/C20H16N4O3S2/c1-11-7-18(22-19(25)12-3-5-13(28-2)6-4-12)24(23-11)20-21-14-8-15-16(27-10-26-15)9-17(14)29-20/h3-9H,10H2,1-2H3,(H,22,25). The number of thioether (sulfide) groups is 1. The Labute approximate surface area is 174 Å². The Hall–Kier alpha value is -3.04. The molecule has 3 heterocycles. The van der Waals surface area contributed by atoms with E-state index in [2.05, 4.69) is 15.4 Å². The number of carbonyl (C=O) groups excluding carboxylic acids is 1. The van der Waals surface area contributed by atoms with Gasteiger partial charge in [-0.1, -0.05) is 11.3 Å². The summed E-state index contributed by atoms with van der Waals surface area (Å²) >= 11 is 3.11. The van der Waals surface area contributed by atoms with Crippen molar-refractivity contribution in [2.24, 2.45) is 0 Å². The molecule has 9 heteroatoms. The highest BCUT2D eigenvalue weighted by Gasteiger charge is 2.19. The lowest BCUT2D eigenvalue weighted by Crippen LogP contribution is -2.15. The van der Waals surface area contributed by atoms with Gasteiger partial charge in [-0.2, -0.15) is 9.78 Å². The fraction of sp³-hybridized carbons (Fsp3) is 0.150. The molecule has 4 aromatic rings. The van der Waals surface area contributed by atoms with Crippen molar-refractivity contribution in [3.05, 3.63) is 53.7 Å². The highest BCUT2D eigenvalue weighted by atomic mass is 32.2. The molecule has 2 aromatic heterocycles. The molecule has 1 aliphatic heterocycles. The number of anilines is 1. The summed E-state index contributed by atoms with van der Waals surface area (Å²) in [5, 5.41) is 8.12. The summed E-state index contributed by atoms with van der Waals surface area (Å²) in [6, 6.07) is 13.1. The Morgan fingerprint density at radius 1 is 1.17 bits per heavy atom. The zero-order valence-corrected chi connectivity index (χ0v) is 17.3. The minimum Gasteiger partial charge on any atom is -0.454 e. The van der Waals surface area contributed by atoms with Crippen LogP contribution in [0.5, 0.6) is 11.5 Å². The van der Waals surface area contributed by atoms with Gasteiger partial charge in [0.05, 0.1) is 15.9 Å². The van der Waals surface area contributed by atoms with Crippen LogP contribution in [0.3, 0.4) is 0 Å². The molecule has 1 N–H and O–H groups in total. The van der Waals surface area contributed by atoms with Crippen LogP contribution in [-0.4, -0.2) is 33.7 Å². The van der Waals surface area contributed by atoms with Gasteiger partial charge in [0, 0.05) is 28.7 Å². The number of hydrogen-bond donors (Lipinski definition) is 1. The first kappa shape index (κ1) is 18.0. The fourth-order valence-electron chi connectivity index (χ4n) is 3.06. The first-order valence-electron chi connectivity index (χ1n) is 8.83. The number of hydrogen-bond acceptors (Lipinski definition) is 7. The molecule has 0 saturated heterocycles. The van der Waals surface area contributed by atoms with Crippen LogP contribution in [-0.2, 0) is 0 Å². The Bertz CT molecular complexity index is 1190. The molecule has 0 bridgehead atoms. The maximum absolute atomic E-state index is 12.7. The number of nitrogens with one attached hydrogen (secondary N) is 1. The predicted octanol–water partition coefficient (Wildman–Crippen LogP) is 4.49. The Morgan fingerprint density at radius 3 is 2.69 bits per heavy atom. The van der Waals surface area contributed by atoms with Gasteiger partial charge in [0.2, 0.25) is 11.9 Å². The second kappa shape index (κ2) is 7.09. The number of aromatic nitrogens is 3. The van der Waals surface area contributed by atoms with Crippen molar-refractivity contribution in [3.63, 3.8) is 0 Å². The van der Waals surface area contributed by atoms with Crippen LogP contribution in [0.1, 0.15) is 16.1 Å². The Kier molecular flexibility index (Phi) is 4.40. The minimum absolute atomic E-state index is 0.194. The van der Waals surface area contributed by atoms with Crippen LogP contribution < -0.4 is 14.8 Å². The van der Waals surface area contributed by atoms with Gasteiger partial charge in [-0.15, -0.1) is 11.8 Å². The fourth-order valence-corrected chi connectivity index (χ4v) is 4.41. The van der Waals surface area contributed by atoms with Crippen LogP contribution in [0.25, 0.3) is 15.3 Å². The van der Waals surface area contributed by atoms with Gasteiger partial charge < -0.3 is 14.8 Å². The zero-order chi connectivity index (χ0) is 20.0. The highest BCUT2D eigenvalue weighted by molar-refractivity contribution is 7.98. The average molecular weight is 425 g/mol. The summed E-state index contributed by atoms with van der Waals surface area (Å²) in [5.41, 5.74) is 2.17. The number of ether oxygens (including phenoxy) is 2. The second-order valence-corrected chi connectivity index (χ2v) is 8.32. The molecule has 7 nitrogen and oxygen atoms in total. The third-order valence-corrected chi connectivity index (χ3v) is 6.22. The molecule has 0 aliphatic carbocycles. The number of rotatable bonds is 4.